The van der Waals surface area contributed by atoms with Crippen LogP contribution in [0.25, 0.3) is 0 Å². The fraction of sp³-hybridized carbons (Fsp3) is 0.529. The third-order valence-electron chi connectivity index (χ3n) is 3.40. The summed E-state index contributed by atoms with van der Waals surface area (Å²) in [5.74, 6) is -0.522. The molecule has 0 aliphatic carbocycles. The van der Waals surface area contributed by atoms with Gasteiger partial charge in [0.15, 0.2) is 0 Å². The summed E-state index contributed by atoms with van der Waals surface area (Å²) >= 11 is 0. The predicted molar refractivity (Wildman–Crippen MR) is 82.2 cm³/mol. The van der Waals surface area contributed by atoms with Gasteiger partial charge in [0.05, 0.1) is 5.92 Å². The maximum absolute atomic E-state index is 12.1. The Bertz CT molecular complexity index is 521. The minimum Gasteiger partial charge on any atom is -0.461 e. The summed E-state index contributed by atoms with van der Waals surface area (Å²) in [4.78, 5) is 25.6. The molecule has 0 spiro atoms. The van der Waals surface area contributed by atoms with E-state index in [0.717, 1.165) is 5.56 Å². The second-order valence-corrected chi connectivity index (χ2v) is 6.51. The van der Waals surface area contributed by atoms with E-state index in [1.165, 1.54) is 0 Å². The van der Waals surface area contributed by atoms with Crippen LogP contribution in [0.2, 0.25) is 0 Å². The summed E-state index contributed by atoms with van der Waals surface area (Å²) in [6.45, 7) is 6.64. The first-order chi connectivity index (χ1) is 10.3. The number of benzene rings is 1. The topological polar surface area (TPSA) is 55.8 Å². The molecule has 0 unspecified atom stereocenters. The third-order valence-corrected chi connectivity index (χ3v) is 3.40. The number of likely N-dealkylation sites (tertiary alicyclic amines) is 1. The van der Waals surface area contributed by atoms with E-state index in [0.29, 0.717) is 19.5 Å². The van der Waals surface area contributed by atoms with Crippen molar-refractivity contribution in [3.05, 3.63) is 35.9 Å². The van der Waals surface area contributed by atoms with Gasteiger partial charge in [-0.15, -0.1) is 0 Å². The molecule has 1 saturated heterocycles. The number of carbonyl (C=O) groups is 2. The number of carbonyl (C=O) groups excluding carboxylic acids is 2. The maximum Gasteiger partial charge on any atom is 0.410 e. The number of esters is 1. The molecule has 0 saturated carbocycles. The highest BCUT2D eigenvalue weighted by atomic mass is 16.6. The quantitative estimate of drug-likeness (QED) is 0.806. The van der Waals surface area contributed by atoms with Gasteiger partial charge in [-0.1, -0.05) is 30.3 Å². The third kappa shape index (κ3) is 4.76. The number of hydrogen-bond donors (Lipinski definition) is 0. The zero-order chi connectivity index (χ0) is 16.2. The first-order valence-electron chi connectivity index (χ1n) is 7.53. The summed E-state index contributed by atoms with van der Waals surface area (Å²) in [7, 11) is 0. The lowest BCUT2D eigenvalue weighted by Gasteiger charge is -2.24. The monoisotopic (exact) mass is 305 g/mol. The van der Waals surface area contributed by atoms with Gasteiger partial charge in [0.2, 0.25) is 0 Å². The molecule has 120 valence electrons. The Hall–Kier alpha value is -2.04. The van der Waals surface area contributed by atoms with E-state index in [4.69, 9.17) is 9.47 Å². The van der Waals surface area contributed by atoms with E-state index in [1.807, 2.05) is 51.1 Å². The molecule has 2 rings (SSSR count). The SMILES string of the molecule is CC(C)(C)OC(=O)N1CC[C@@H](C(=O)OCc2ccccc2)C1. The van der Waals surface area contributed by atoms with Crippen molar-refractivity contribution in [3.63, 3.8) is 0 Å². The van der Waals surface area contributed by atoms with E-state index >= 15 is 0 Å². The molecule has 1 atom stereocenters. The molecule has 5 heteroatoms. The molecule has 1 fully saturated rings. The molecular formula is C17H23NO4. The lowest BCUT2D eigenvalue weighted by molar-refractivity contribution is -0.149. The van der Waals surface area contributed by atoms with Gasteiger partial charge in [0.25, 0.3) is 0 Å². The van der Waals surface area contributed by atoms with Crippen LogP contribution in [0.15, 0.2) is 30.3 Å². The van der Waals surface area contributed by atoms with Crippen LogP contribution < -0.4 is 0 Å². The fourth-order valence-electron chi connectivity index (χ4n) is 2.29. The molecule has 1 amide bonds. The van der Waals surface area contributed by atoms with E-state index in [1.54, 1.807) is 4.90 Å². The van der Waals surface area contributed by atoms with E-state index in [2.05, 4.69) is 0 Å². The van der Waals surface area contributed by atoms with Crippen LogP contribution in [0.1, 0.15) is 32.8 Å². The largest absolute Gasteiger partial charge is 0.461 e. The molecule has 1 aliphatic heterocycles. The van der Waals surface area contributed by atoms with Crippen molar-refractivity contribution >= 4 is 12.1 Å². The molecule has 1 heterocycles. The molecule has 0 aromatic heterocycles. The highest BCUT2D eigenvalue weighted by Crippen LogP contribution is 2.21. The smallest absolute Gasteiger partial charge is 0.410 e. The van der Waals surface area contributed by atoms with Crippen molar-refractivity contribution in [2.24, 2.45) is 5.92 Å². The maximum atomic E-state index is 12.1. The second-order valence-electron chi connectivity index (χ2n) is 6.51. The first-order valence-corrected chi connectivity index (χ1v) is 7.53. The zero-order valence-corrected chi connectivity index (χ0v) is 13.4. The van der Waals surface area contributed by atoms with Crippen LogP contribution in [-0.4, -0.2) is 35.7 Å². The van der Waals surface area contributed by atoms with Crippen LogP contribution in [0.5, 0.6) is 0 Å². The summed E-state index contributed by atoms with van der Waals surface area (Å²) in [6.07, 6.45) is 0.248. The van der Waals surface area contributed by atoms with Crippen LogP contribution in [0.3, 0.4) is 0 Å². The molecule has 1 aromatic carbocycles. The van der Waals surface area contributed by atoms with Gasteiger partial charge in [-0.25, -0.2) is 4.79 Å². The lowest BCUT2D eigenvalue weighted by atomic mass is 10.1. The van der Waals surface area contributed by atoms with Gasteiger partial charge < -0.3 is 14.4 Å². The predicted octanol–water partition coefficient (Wildman–Crippen LogP) is 2.99. The second kappa shape index (κ2) is 6.81. The molecule has 0 radical (unpaired) electrons. The van der Waals surface area contributed by atoms with E-state index in [9.17, 15) is 9.59 Å². The van der Waals surface area contributed by atoms with Crippen molar-refractivity contribution in [2.75, 3.05) is 13.1 Å². The molecule has 0 bridgehead atoms. The van der Waals surface area contributed by atoms with Gasteiger partial charge in [-0.3, -0.25) is 4.79 Å². The number of ether oxygens (including phenoxy) is 2. The number of hydrogen-bond acceptors (Lipinski definition) is 4. The number of nitrogens with zero attached hydrogens (tertiary/aromatic N) is 1. The Morgan fingerprint density at radius 3 is 2.55 bits per heavy atom. The molecule has 1 aliphatic rings. The zero-order valence-electron chi connectivity index (χ0n) is 13.4. The summed E-state index contributed by atoms with van der Waals surface area (Å²) < 4.78 is 10.6. The lowest BCUT2D eigenvalue weighted by Crippen LogP contribution is -2.36. The average Bonchev–Trinajstić information content (AvgIpc) is 2.94. The summed E-state index contributed by atoms with van der Waals surface area (Å²) in [6, 6.07) is 9.55. The van der Waals surface area contributed by atoms with Gasteiger partial charge >= 0.3 is 12.1 Å². The fourth-order valence-corrected chi connectivity index (χ4v) is 2.29. The average molecular weight is 305 g/mol. The Balaban J connectivity index is 1.80. The minimum absolute atomic E-state index is 0.255. The van der Waals surface area contributed by atoms with Gasteiger partial charge in [0, 0.05) is 13.1 Å². The Kier molecular flexibility index (Phi) is 5.06. The highest BCUT2D eigenvalue weighted by molar-refractivity contribution is 5.75. The summed E-state index contributed by atoms with van der Waals surface area (Å²) in [5.41, 5.74) is 0.432. The first kappa shape index (κ1) is 16.3. The van der Waals surface area contributed by atoms with Gasteiger partial charge in [0.1, 0.15) is 12.2 Å². The van der Waals surface area contributed by atoms with Crippen LogP contribution in [-0.2, 0) is 20.9 Å². The summed E-state index contributed by atoms with van der Waals surface area (Å²) in [5, 5.41) is 0. The number of rotatable bonds is 3. The van der Waals surface area contributed by atoms with Crippen molar-refractivity contribution in [2.45, 2.75) is 39.4 Å². The standard InChI is InChI=1S/C17H23NO4/c1-17(2,3)22-16(20)18-10-9-14(11-18)15(19)21-12-13-7-5-4-6-8-13/h4-8,14H,9-12H2,1-3H3/t14-/m1/s1. The van der Waals surface area contributed by atoms with Crippen molar-refractivity contribution in [3.8, 4) is 0 Å². The Labute approximate surface area is 131 Å². The van der Waals surface area contributed by atoms with Crippen LogP contribution in [0, 0.1) is 5.92 Å². The molecule has 5 nitrogen and oxygen atoms in total. The molecule has 1 aromatic rings. The number of amides is 1. The van der Waals surface area contributed by atoms with Crippen molar-refractivity contribution < 1.29 is 19.1 Å². The van der Waals surface area contributed by atoms with Crippen LogP contribution >= 0.6 is 0 Å². The van der Waals surface area contributed by atoms with Crippen molar-refractivity contribution in [1.29, 1.82) is 0 Å². The Morgan fingerprint density at radius 2 is 1.91 bits per heavy atom. The molecular weight excluding hydrogens is 282 g/mol. The van der Waals surface area contributed by atoms with Crippen molar-refractivity contribution in [1.82, 2.24) is 4.90 Å². The van der Waals surface area contributed by atoms with Crippen LogP contribution in [0.4, 0.5) is 4.79 Å². The normalized spacial score (nSPS) is 18.1. The highest BCUT2D eigenvalue weighted by Gasteiger charge is 2.34. The van der Waals surface area contributed by atoms with Gasteiger partial charge in [-0.05, 0) is 32.8 Å². The molecule has 22 heavy (non-hydrogen) atoms. The molecule has 0 N–H and O–H groups in total. The Morgan fingerprint density at radius 1 is 1.23 bits per heavy atom. The van der Waals surface area contributed by atoms with E-state index < -0.39 is 5.60 Å². The van der Waals surface area contributed by atoms with Gasteiger partial charge in [-0.2, -0.15) is 0 Å². The minimum atomic E-state index is -0.525. The van der Waals surface area contributed by atoms with E-state index in [-0.39, 0.29) is 24.6 Å².